The van der Waals surface area contributed by atoms with E-state index in [1.807, 2.05) is 30.3 Å². The minimum atomic E-state index is 0.523. The Kier molecular flexibility index (Phi) is 7.02. The van der Waals surface area contributed by atoms with Gasteiger partial charge in [-0.3, -0.25) is 4.90 Å². The number of hydrogen-bond acceptors (Lipinski definition) is 5. The summed E-state index contributed by atoms with van der Waals surface area (Å²) in [5.74, 6) is 0.897. The first-order valence-corrected chi connectivity index (χ1v) is 9.50. The van der Waals surface area contributed by atoms with Crippen molar-refractivity contribution in [1.29, 1.82) is 0 Å². The summed E-state index contributed by atoms with van der Waals surface area (Å²) in [7, 11) is 0. The summed E-state index contributed by atoms with van der Waals surface area (Å²) in [6.45, 7) is 10.5. The molecule has 2 aromatic rings. The van der Waals surface area contributed by atoms with Crippen LogP contribution in [0, 0.1) is 0 Å². The second-order valence-electron chi connectivity index (χ2n) is 6.64. The molecule has 0 aliphatic carbocycles. The van der Waals surface area contributed by atoms with Crippen LogP contribution in [0.4, 0.5) is 11.4 Å². The lowest BCUT2D eigenvalue weighted by atomic mass is 10.2. The second-order valence-corrected chi connectivity index (χ2v) is 7.78. The normalized spacial score (nSPS) is 11.5. The van der Waals surface area contributed by atoms with Crippen molar-refractivity contribution in [1.82, 2.24) is 4.90 Å². The van der Waals surface area contributed by atoms with Gasteiger partial charge in [0.05, 0.1) is 11.4 Å². The Bertz CT molecular complexity index is 663. The molecule has 0 amide bonds. The number of rotatable bonds is 8. The van der Waals surface area contributed by atoms with E-state index in [2.05, 4.69) is 44.7 Å². The van der Waals surface area contributed by atoms with Crippen LogP contribution in [0.25, 0.3) is 0 Å². The summed E-state index contributed by atoms with van der Waals surface area (Å²) in [6, 6.07) is 14.9. The third-order valence-corrected chi connectivity index (χ3v) is 5.06. The van der Waals surface area contributed by atoms with E-state index in [4.69, 9.17) is 16.2 Å². The van der Waals surface area contributed by atoms with Crippen molar-refractivity contribution in [2.75, 3.05) is 24.6 Å². The van der Waals surface area contributed by atoms with Gasteiger partial charge in [-0.25, -0.2) is 0 Å². The number of nitrogen functional groups attached to an aromatic ring is 2. The van der Waals surface area contributed by atoms with Crippen molar-refractivity contribution in [3.8, 4) is 5.75 Å². The van der Waals surface area contributed by atoms with Crippen molar-refractivity contribution in [2.24, 2.45) is 0 Å². The molecule has 0 atom stereocenters. The summed E-state index contributed by atoms with van der Waals surface area (Å²) in [6.07, 6.45) is 0. The summed E-state index contributed by atoms with van der Waals surface area (Å²) < 4.78 is 5.89. The van der Waals surface area contributed by atoms with Crippen LogP contribution >= 0.6 is 11.8 Å². The molecule has 4 N–H and O–H groups in total. The molecule has 0 saturated carbocycles. The first-order chi connectivity index (χ1) is 11.9. The summed E-state index contributed by atoms with van der Waals surface area (Å²) in [5, 5.41) is 0. The SMILES string of the molecule is CC(C)N(CCOc1ccc(Sc2ccc(N)c(N)c2)cc1)C(C)C. The van der Waals surface area contributed by atoms with Gasteiger partial charge >= 0.3 is 0 Å². The molecular formula is C20H29N3OS. The van der Waals surface area contributed by atoms with Gasteiger partial charge < -0.3 is 16.2 Å². The molecule has 2 aromatic carbocycles. The molecule has 2 rings (SSSR count). The van der Waals surface area contributed by atoms with Crippen LogP contribution in [-0.4, -0.2) is 30.1 Å². The molecule has 136 valence electrons. The fourth-order valence-corrected chi connectivity index (χ4v) is 3.60. The number of hydrogen-bond donors (Lipinski definition) is 2. The molecule has 0 spiro atoms. The third kappa shape index (κ3) is 5.87. The average Bonchev–Trinajstić information content (AvgIpc) is 2.56. The first kappa shape index (κ1) is 19.5. The lowest BCUT2D eigenvalue weighted by Gasteiger charge is -2.30. The van der Waals surface area contributed by atoms with E-state index < -0.39 is 0 Å². The molecule has 25 heavy (non-hydrogen) atoms. The Morgan fingerprint density at radius 1 is 0.880 bits per heavy atom. The van der Waals surface area contributed by atoms with Crippen molar-refractivity contribution in [2.45, 2.75) is 49.6 Å². The van der Waals surface area contributed by atoms with Gasteiger partial charge in [-0.1, -0.05) is 11.8 Å². The second kappa shape index (κ2) is 9.02. The van der Waals surface area contributed by atoms with Crippen LogP contribution in [0.2, 0.25) is 0 Å². The minimum absolute atomic E-state index is 0.523. The maximum Gasteiger partial charge on any atom is 0.119 e. The predicted molar refractivity (Wildman–Crippen MR) is 108 cm³/mol. The Hall–Kier alpha value is -1.85. The van der Waals surface area contributed by atoms with Gasteiger partial charge in [0.25, 0.3) is 0 Å². The molecule has 0 aliphatic rings. The third-order valence-electron chi connectivity index (χ3n) is 4.06. The standard InChI is InChI=1S/C20H29N3OS/c1-14(2)23(15(3)4)11-12-24-16-5-7-17(8-6-16)25-18-9-10-19(21)20(22)13-18/h5-10,13-15H,11-12,21-22H2,1-4H3. The van der Waals surface area contributed by atoms with E-state index >= 15 is 0 Å². The van der Waals surface area contributed by atoms with Gasteiger partial charge in [0, 0.05) is 28.4 Å². The average molecular weight is 360 g/mol. The summed E-state index contributed by atoms with van der Waals surface area (Å²) >= 11 is 1.66. The largest absolute Gasteiger partial charge is 0.492 e. The highest BCUT2D eigenvalue weighted by molar-refractivity contribution is 7.99. The van der Waals surface area contributed by atoms with E-state index in [1.165, 1.54) is 0 Å². The van der Waals surface area contributed by atoms with Crippen molar-refractivity contribution in [3.63, 3.8) is 0 Å². The molecule has 0 radical (unpaired) electrons. The van der Waals surface area contributed by atoms with E-state index in [-0.39, 0.29) is 0 Å². The summed E-state index contributed by atoms with van der Waals surface area (Å²) in [4.78, 5) is 4.64. The Labute approximate surface area is 155 Å². The Morgan fingerprint density at radius 3 is 2.04 bits per heavy atom. The lowest BCUT2D eigenvalue weighted by molar-refractivity contribution is 0.142. The van der Waals surface area contributed by atoms with Crippen LogP contribution in [0.15, 0.2) is 52.3 Å². The van der Waals surface area contributed by atoms with E-state index in [0.717, 1.165) is 22.1 Å². The molecular weight excluding hydrogens is 330 g/mol. The van der Waals surface area contributed by atoms with E-state index in [1.54, 1.807) is 11.8 Å². The monoisotopic (exact) mass is 359 g/mol. The van der Waals surface area contributed by atoms with Gasteiger partial charge in [-0.2, -0.15) is 0 Å². The fraction of sp³-hybridized carbons (Fsp3) is 0.400. The zero-order valence-corrected chi connectivity index (χ0v) is 16.3. The van der Waals surface area contributed by atoms with Crippen molar-refractivity contribution >= 4 is 23.1 Å². The molecule has 0 heterocycles. The fourth-order valence-electron chi connectivity index (χ4n) is 2.74. The molecule has 5 heteroatoms. The van der Waals surface area contributed by atoms with Gasteiger partial charge in [0.2, 0.25) is 0 Å². The predicted octanol–water partition coefficient (Wildman–Crippen LogP) is 4.50. The minimum Gasteiger partial charge on any atom is -0.492 e. The zero-order valence-electron chi connectivity index (χ0n) is 15.5. The van der Waals surface area contributed by atoms with Gasteiger partial charge in [-0.05, 0) is 70.2 Å². The van der Waals surface area contributed by atoms with Crippen LogP contribution in [0.5, 0.6) is 5.75 Å². The maximum atomic E-state index is 5.89. The molecule has 0 fully saturated rings. The highest BCUT2D eigenvalue weighted by atomic mass is 32.2. The highest BCUT2D eigenvalue weighted by Gasteiger charge is 2.12. The smallest absolute Gasteiger partial charge is 0.119 e. The number of anilines is 2. The van der Waals surface area contributed by atoms with Crippen LogP contribution in [-0.2, 0) is 0 Å². The molecule has 0 aromatic heterocycles. The molecule has 0 saturated heterocycles. The number of benzene rings is 2. The number of nitrogens with zero attached hydrogens (tertiary/aromatic N) is 1. The highest BCUT2D eigenvalue weighted by Crippen LogP contribution is 2.31. The molecule has 0 unspecified atom stereocenters. The number of ether oxygens (including phenoxy) is 1. The van der Waals surface area contributed by atoms with E-state index in [0.29, 0.717) is 30.1 Å². The quantitative estimate of drug-likeness (QED) is 0.679. The van der Waals surface area contributed by atoms with Gasteiger partial charge in [0.15, 0.2) is 0 Å². The van der Waals surface area contributed by atoms with Crippen molar-refractivity contribution < 1.29 is 4.74 Å². The molecule has 4 nitrogen and oxygen atoms in total. The molecule has 0 aliphatic heterocycles. The van der Waals surface area contributed by atoms with Crippen LogP contribution in [0.1, 0.15) is 27.7 Å². The van der Waals surface area contributed by atoms with Crippen LogP contribution < -0.4 is 16.2 Å². The Balaban J connectivity index is 1.88. The number of nitrogens with two attached hydrogens (primary N) is 2. The molecule has 0 bridgehead atoms. The van der Waals surface area contributed by atoms with Crippen LogP contribution in [0.3, 0.4) is 0 Å². The Morgan fingerprint density at radius 2 is 1.48 bits per heavy atom. The topological polar surface area (TPSA) is 64.5 Å². The van der Waals surface area contributed by atoms with E-state index in [9.17, 15) is 0 Å². The van der Waals surface area contributed by atoms with Crippen molar-refractivity contribution in [3.05, 3.63) is 42.5 Å². The lowest BCUT2D eigenvalue weighted by Crippen LogP contribution is -2.39. The first-order valence-electron chi connectivity index (χ1n) is 8.68. The van der Waals surface area contributed by atoms with Gasteiger partial charge in [-0.15, -0.1) is 0 Å². The zero-order chi connectivity index (χ0) is 18.4. The summed E-state index contributed by atoms with van der Waals surface area (Å²) in [5.41, 5.74) is 12.8. The van der Waals surface area contributed by atoms with Gasteiger partial charge in [0.1, 0.15) is 12.4 Å². The maximum absolute atomic E-state index is 5.89.